The molecule has 1 heterocycles. The van der Waals surface area contributed by atoms with Crippen molar-refractivity contribution in [1.82, 2.24) is 0 Å². The number of nitrogens with two attached hydrogens (primary N) is 1. The molecular formula is C11H11NO5S. The maximum atomic E-state index is 12.1. The van der Waals surface area contributed by atoms with E-state index in [1.165, 1.54) is 25.1 Å². The van der Waals surface area contributed by atoms with Crippen LogP contribution in [-0.4, -0.2) is 30.6 Å². The highest BCUT2D eigenvalue weighted by molar-refractivity contribution is 7.96. The number of hydrogen-bond donors (Lipinski definition) is 3. The lowest BCUT2D eigenvalue weighted by Gasteiger charge is -2.09. The lowest BCUT2D eigenvalue weighted by Crippen LogP contribution is -2.31. The Hall–Kier alpha value is -1.86. The molecule has 1 unspecified atom stereocenters. The molecule has 6 nitrogen and oxygen atoms in total. The van der Waals surface area contributed by atoms with Crippen LogP contribution in [0.15, 0.2) is 28.0 Å². The number of fused-ring (bicyclic) bond motifs is 1. The molecule has 0 fully saturated rings. The quantitative estimate of drug-likeness (QED) is 0.711. The van der Waals surface area contributed by atoms with E-state index in [0.29, 0.717) is 0 Å². The number of carboxylic acids is 1. The number of phenolic OH excluding ortho intramolecular Hbond substituents is 1. The van der Waals surface area contributed by atoms with Gasteiger partial charge < -0.3 is 15.9 Å². The summed E-state index contributed by atoms with van der Waals surface area (Å²) in [5.74, 6) is -1.73. The second-order valence-electron chi connectivity index (χ2n) is 3.94. The first kappa shape index (κ1) is 12.6. The molecule has 0 bridgehead atoms. The fourth-order valence-corrected chi connectivity index (χ4v) is 3.66. The summed E-state index contributed by atoms with van der Waals surface area (Å²) in [6.45, 7) is 1.28. The maximum Gasteiger partial charge on any atom is 0.325 e. The van der Waals surface area contributed by atoms with Gasteiger partial charge in [-0.2, -0.15) is 0 Å². The Bertz CT molecular complexity index is 675. The summed E-state index contributed by atoms with van der Waals surface area (Å²) < 4.78 is 24.2. The van der Waals surface area contributed by atoms with Crippen LogP contribution in [0.25, 0.3) is 5.57 Å². The van der Waals surface area contributed by atoms with E-state index < -0.39 is 27.6 Å². The molecule has 1 aromatic carbocycles. The van der Waals surface area contributed by atoms with Crippen LogP contribution in [0.2, 0.25) is 0 Å². The number of aliphatic carboxylic acids is 1. The molecule has 1 atom stereocenters. The molecule has 1 aliphatic heterocycles. The van der Waals surface area contributed by atoms with Gasteiger partial charge in [0.25, 0.3) is 0 Å². The van der Waals surface area contributed by atoms with Crippen molar-refractivity contribution in [3.8, 4) is 5.75 Å². The third-order valence-electron chi connectivity index (χ3n) is 2.91. The molecule has 0 radical (unpaired) electrons. The molecule has 96 valence electrons. The molecule has 2 rings (SSSR count). The van der Waals surface area contributed by atoms with Gasteiger partial charge in [0.2, 0.25) is 9.84 Å². The number of phenols is 1. The number of benzene rings is 1. The molecule has 0 spiro atoms. The van der Waals surface area contributed by atoms with E-state index in [1.807, 2.05) is 0 Å². The van der Waals surface area contributed by atoms with Crippen molar-refractivity contribution in [2.75, 3.05) is 0 Å². The second kappa shape index (κ2) is 3.82. The molecule has 0 saturated heterocycles. The summed E-state index contributed by atoms with van der Waals surface area (Å²) in [5.41, 5.74) is 5.67. The molecule has 0 aromatic heterocycles. The van der Waals surface area contributed by atoms with Crippen LogP contribution in [0.1, 0.15) is 12.5 Å². The minimum Gasteiger partial charge on any atom is -0.507 e. The number of aromatic hydroxyl groups is 1. The first-order valence-corrected chi connectivity index (χ1v) is 6.53. The Kier molecular flexibility index (Phi) is 2.67. The molecule has 0 saturated carbocycles. The smallest absolute Gasteiger partial charge is 0.325 e. The standard InChI is InChI=1S/C11H11NO5S/c1-5-8(9(12)11(14)15)6-3-2-4-7(13)10(6)18(5,16)17/h2-4,9,13H,12H2,1H3,(H,14,15). The van der Waals surface area contributed by atoms with Gasteiger partial charge in [0.05, 0.1) is 4.91 Å². The van der Waals surface area contributed by atoms with Gasteiger partial charge in [-0.05, 0) is 13.0 Å². The average Bonchev–Trinajstić information content (AvgIpc) is 2.47. The Morgan fingerprint density at radius 1 is 1.39 bits per heavy atom. The highest BCUT2D eigenvalue weighted by Crippen LogP contribution is 2.44. The van der Waals surface area contributed by atoms with Crippen molar-refractivity contribution in [3.05, 3.63) is 28.7 Å². The van der Waals surface area contributed by atoms with Crippen molar-refractivity contribution in [2.45, 2.75) is 17.9 Å². The third kappa shape index (κ3) is 1.52. The van der Waals surface area contributed by atoms with E-state index in [9.17, 15) is 18.3 Å². The van der Waals surface area contributed by atoms with Crippen LogP contribution in [0.4, 0.5) is 0 Å². The largest absolute Gasteiger partial charge is 0.507 e. The highest BCUT2D eigenvalue weighted by atomic mass is 32.2. The lowest BCUT2D eigenvalue weighted by molar-refractivity contribution is -0.137. The monoisotopic (exact) mass is 269 g/mol. The molecule has 7 heteroatoms. The van der Waals surface area contributed by atoms with Gasteiger partial charge in [0.15, 0.2) is 0 Å². The number of rotatable bonds is 2. The summed E-state index contributed by atoms with van der Waals surface area (Å²) in [6.07, 6.45) is 0. The Morgan fingerprint density at radius 2 is 2.00 bits per heavy atom. The lowest BCUT2D eigenvalue weighted by atomic mass is 9.99. The van der Waals surface area contributed by atoms with Gasteiger partial charge in [-0.15, -0.1) is 0 Å². The van der Waals surface area contributed by atoms with Gasteiger partial charge in [-0.3, -0.25) is 4.79 Å². The molecule has 18 heavy (non-hydrogen) atoms. The number of allylic oxidation sites excluding steroid dienone is 1. The molecule has 0 aliphatic carbocycles. The fraction of sp³-hybridized carbons (Fsp3) is 0.182. The van der Waals surface area contributed by atoms with E-state index in [2.05, 4.69) is 0 Å². The molecule has 1 aliphatic rings. The van der Waals surface area contributed by atoms with E-state index in [0.717, 1.165) is 0 Å². The van der Waals surface area contributed by atoms with Crippen LogP contribution < -0.4 is 5.73 Å². The van der Waals surface area contributed by atoms with Crippen molar-refractivity contribution in [3.63, 3.8) is 0 Å². The minimum atomic E-state index is -3.86. The van der Waals surface area contributed by atoms with Crippen molar-refractivity contribution in [2.24, 2.45) is 5.73 Å². The molecule has 4 N–H and O–H groups in total. The maximum absolute atomic E-state index is 12.1. The summed E-state index contributed by atoms with van der Waals surface area (Å²) in [7, 11) is -3.86. The summed E-state index contributed by atoms with van der Waals surface area (Å²) in [6, 6.07) is 2.67. The van der Waals surface area contributed by atoms with Gasteiger partial charge in [-0.25, -0.2) is 8.42 Å². The van der Waals surface area contributed by atoms with Gasteiger partial charge >= 0.3 is 5.97 Å². The van der Waals surface area contributed by atoms with Crippen LogP contribution in [-0.2, 0) is 14.6 Å². The van der Waals surface area contributed by atoms with Crippen LogP contribution in [0.3, 0.4) is 0 Å². The fourth-order valence-electron chi connectivity index (χ4n) is 2.02. The van der Waals surface area contributed by atoms with E-state index >= 15 is 0 Å². The number of hydrogen-bond acceptors (Lipinski definition) is 5. The van der Waals surface area contributed by atoms with Gasteiger partial charge in [0.1, 0.15) is 16.7 Å². The topological polar surface area (TPSA) is 118 Å². The second-order valence-corrected chi connectivity index (χ2v) is 5.97. The number of sulfone groups is 1. The van der Waals surface area contributed by atoms with E-state index in [-0.39, 0.29) is 20.9 Å². The zero-order valence-corrected chi connectivity index (χ0v) is 10.2. The van der Waals surface area contributed by atoms with E-state index in [1.54, 1.807) is 0 Å². The van der Waals surface area contributed by atoms with Crippen LogP contribution >= 0.6 is 0 Å². The molecule has 1 aromatic rings. The zero-order chi connectivity index (χ0) is 13.7. The van der Waals surface area contributed by atoms with Crippen LogP contribution in [0.5, 0.6) is 5.75 Å². The summed E-state index contributed by atoms with van der Waals surface area (Å²) in [4.78, 5) is 10.5. The summed E-state index contributed by atoms with van der Waals surface area (Å²) in [5, 5.41) is 18.5. The van der Waals surface area contributed by atoms with Crippen molar-refractivity contribution < 1.29 is 23.4 Å². The number of carbonyl (C=O) groups is 1. The highest BCUT2D eigenvalue weighted by Gasteiger charge is 2.39. The summed E-state index contributed by atoms with van der Waals surface area (Å²) >= 11 is 0. The normalized spacial score (nSPS) is 18.6. The predicted octanol–water partition coefficient (Wildman–Crippen LogP) is 0.322. The first-order valence-electron chi connectivity index (χ1n) is 5.05. The first-order chi connectivity index (χ1) is 8.28. The van der Waals surface area contributed by atoms with Crippen molar-refractivity contribution in [1.29, 1.82) is 0 Å². The average molecular weight is 269 g/mol. The molecular weight excluding hydrogens is 258 g/mol. The van der Waals surface area contributed by atoms with Crippen molar-refractivity contribution >= 4 is 21.4 Å². The Morgan fingerprint density at radius 3 is 2.56 bits per heavy atom. The van der Waals surface area contributed by atoms with E-state index in [4.69, 9.17) is 10.8 Å². The Labute approximate surface area is 103 Å². The Balaban J connectivity index is 2.82. The molecule has 0 amide bonds. The third-order valence-corrected chi connectivity index (χ3v) is 4.91. The minimum absolute atomic E-state index is 0.0217. The van der Waals surface area contributed by atoms with Gasteiger partial charge in [0, 0.05) is 11.1 Å². The predicted molar refractivity (Wildman–Crippen MR) is 63.5 cm³/mol. The van der Waals surface area contributed by atoms with Crippen LogP contribution in [0, 0.1) is 0 Å². The number of carboxylic acid groups (broad SMARTS) is 1. The zero-order valence-electron chi connectivity index (χ0n) is 9.41. The van der Waals surface area contributed by atoms with Gasteiger partial charge in [-0.1, -0.05) is 12.1 Å². The SMILES string of the molecule is CC1=C(C(N)C(=O)O)c2cccc(O)c2S1(=O)=O.